The minimum atomic E-state index is -0.269. The van der Waals surface area contributed by atoms with E-state index in [9.17, 15) is 4.39 Å². The van der Waals surface area contributed by atoms with Crippen molar-refractivity contribution >= 4 is 11.6 Å². The predicted molar refractivity (Wildman–Crippen MR) is 76.0 cm³/mol. The van der Waals surface area contributed by atoms with Crippen molar-refractivity contribution in [3.8, 4) is 0 Å². The Balaban J connectivity index is 2.14. The van der Waals surface area contributed by atoms with E-state index in [1.807, 2.05) is 0 Å². The minimum Gasteiger partial charge on any atom is -0.373 e. The molecule has 0 aromatic heterocycles. The topological polar surface area (TPSA) is 21.3 Å². The molecular weight excluding hydrogens is 265 g/mol. The Morgan fingerprint density at radius 1 is 1.47 bits per heavy atom. The summed E-state index contributed by atoms with van der Waals surface area (Å²) in [6.07, 6.45) is 1.93. The molecule has 106 valence electrons. The van der Waals surface area contributed by atoms with E-state index >= 15 is 0 Å². The van der Waals surface area contributed by atoms with Crippen LogP contribution < -0.4 is 5.32 Å². The summed E-state index contributed by atoms with van der Waals surface area (Å²) >= 11 is 5.80. The molecule has 1 fully saturated rings. The highest BCUT2D eigenvalue weighted by Gasteiger charge is 2.29. The Morgan fingerprint density at radius 2 is 2.26 bits per heavy atom. The number of nitrogens with one attached hydrogen (secondary N) is 1. The van der Waals surface area contributed by atoms with Crippen LogP contribution in [0.4, 0.5) is 4.39 Å². The highest BCUT2D eigenvalue weighted by Crippen LogP contribution is 2.35. The Hall–Kier alpha value is -0.640. The molecule has 2 unspecified atom stereocenters. The number of hydrogen-bond acceptors (Lipinski definition) is 2. The molecule has 2 atom stereocenters. The number of halogens is 2. The first kappa shape index (κ1) is 14.8. The van der Waals surface area contributed by atoms with Crippen molar-refractivity contribution < 1.29 is 9.13 Å². The van der Waals surface area contributed by atoms with Gasteiger partial charge < -0.3 is 10.1 Å². The van der Waals surface area contributed by atoms with Crippen LogP contribution in [-0.4, -0.2) is 19.2 Å². The molecule has 0 spiro atoms. The van der Waals surface area contributed by atoms with Crippen molar-refractivity contribution in [2.45, 2.75) is 38.8 Å². The summed E-state index contributed by atoms with van der Waals surface area (Å²) < 4.78 is 19.8. The highest BCUT2D eigenvalue weighted by atomic mass is 35.5. The fourth-order valence-electron chi connectivity index (χ4n) is 2.52. The van der Waals surface area contributed by atoms with E-state index in [1.54, 1.807) is 12.1 Å². The summed E-state index contributed by atoms with van der Waals surface area (Å²) in [7, 11) is 0. The number of rotatable bonds is 4. The van der Waals surface area contributed by atoms with E-state index in [-0.39, 0.29) is 11.9 Å². The maximum absolute atomic E-state index is 14.0. The van der Waals surface area contributed by atoms with E-state index in [4.69, 9.17) is 16.3 Å². The molecule has 19 heavy (non-hydrogen) atoms. The molecule has 1 aliphatic heterocycles. The van der Waals surface area contributed by atoms with Crippen LogP contribution in [0.5, 0.6) is 0 Å². The zero-order chi connectivity index (χ0) is 13.8. The maximum atomic E-state index is 14.0. The Morgan fingerprint density at radius 3 is 2.95 bits per heavy atom. The van der Waals surface area contributed by atoms with Crippen LogP contribution in [0.2, 0.25) is 5.02 Å². The number of hydrogen-bond donors (Lipinski definition) is 1. The third kappa shape index (κ3) is 3.91. The van der Waals surface area contributed by atoms with E-state index in [0.717, 1.165) is 19.4 Å². The van der Waals surface area contributed by atoms with Gasteiger partial charge in [0.1, 0.15) is 5.82 Å². The molecule has 4 heteroatoms. The summed E-state index contributed by atoms with van der Waals surface area (Å²) in [5.41, 5.74) is 0.625. The largest absolute Gasteiger partial charge is 0.373 e. The van der Waals surface area contributed by atoms with Gasteiger partial charge in [0.25, 0.3) is 0 Å². The van der Waals surface area contributed by atoms with Gasteiger partial charge in [-0.15, -0.1) is 0 Å². The van der Waals surface area contributed by atoms with Gasteiger partial charge in [0.05, 0.1) is 6.10 Å². The number of benzene rings is 1. The molecule has 0 radical (unpaired) electrons. The minimum absolute atomic E-state index is 0.169. The Kier molecular flexibility index (Phi) is 5.20. The molecule has 1 aromatic carbocycles. The Bertz CT molecular complexity index is 425. The van der Waals surface area contributed by atoms with Crippen molar-refractivity contribution in [1.29, 1.82) is 0 Å². The van der Waals surface area contributed by atoms with Crippen molar-refractivity contribution in [3.05, 3.63) is 34.6 Å². The lowest BCUT2D eigenvalue weighted by molar-refractivity contribution is -0.0301. The van der Waals surface area contributed by atoms with Gasteiger partial charge in [0, 0.05) is 35.7 Å². The van der Waals surface area contributed by atoms with E-state index in [2.05, 4.69) is 19.2 Å². The van der Waals surface area contributed by atoms with Gasteiger partial charge in [-0.25, -0.2) is 4.39 Å². The van der Waals surface area contributed by atoms with Gasteiger partial charge in [0.15, 0.2) is 0 Å². The first-order chi connectivity index (χ1) is 9.08. The van der Waals surface area contributed by atoms with Crippen LogP contribution in [0.25, 0.3) is 0 Å². The quantitative estimate of drug-likeness (QED) is 0.904. The van der Waals surface area contributed by atoms with Crippen LogP contribution in [0.1, 0.15) is 38.4 Å². The monoisotopic (exact) mass is 285 g/mol. The molecular formula is C15H21ClFNO. The van der Waals surface area contributed by atoms with Crippen LogP contribution in [0, 0.1) is 11.7 Å². The maximum Gasteiger partial charge on any atom is 0.130 e. The molecule has 2 rings (SSSR count). The average molecular weight is 286 g/mol. The van der Waals surface area contributed by atoms with Gasteiger partial charge in [-0.05, 0) is 25.0 Å². The lowest BCUT2D eigenvalue weighted by Crippen LogP contribution is -2.35. The zero-order valence-corrected chi connectivity index (χ0v) is 12.2. The van der Waals surface area contributed by atoms with Crippen molar-refractivity contribution in [3.63, 3.8) is 0 Å². The summed E-state index contributed by atoms with van der Waals surface area (Å²) in [5, 5.41) is 3.84. The summed E-state index contributed by atoms with van der Waals surface area (Å²) in [4.78, 5) is 0. The third-order valence-corrected chi connectivity index (χ3v) is 3.74. The summed E-state index contributed by atoms with van der Waals surface area (Å²) in [5.74, 6) is 0.0424. The normalized spacial score (nSPS) is 23.8. The second kappa shape index (κ2) is 6.69. The van der Waals surface area contributed by atoms with E-state index in [0.29, 0.717) is 29.2 Å². The molecule has 1 aromatic rings. The molecule has 2 nitrogen and oxygen atoms in total. The van der Waals surface area contributed by atoms with Crippen LogP contribution in [0.15, 0.2) is 18.2 Å². The number of ether oxygens (including phenoxy) is 1. The van der Waals surface area contributed by atoms with Crippen molar-refractivity contribution in [2.75, 3.05) is 13.2 Å². The third-order valence-electron chi connectivity index (χ3n) is 3.50. The molecule has 1 N–H and O–H groups in total. The van der Waals surface area contributed by atoms with Gasteiger partial charge in [-0.2, -0.15) is 0 Å². The highest BCUT2D eigenvalue weighted by molar-refractivity contribution is 6.30. The van der Waals surface area contributed by atoms with Crippen molar-refractivity contribution in [1.82, 2.24) is 5.32 Å². The molecule has 0 aliphatic carbocycles. The lowest BCUT2D eigenvalue weighted by Gasteiger charge is -2.33. The smallest absolute Gasteiger partial charge is 0.130 e. The summed E-state index contributed by atoms with van der Waals surface area (Å²) in [6, 6.07) is 5.26. The molecule has 0 bridgehead atoms. The van der Waals surface area contributed by atoms with Crippen LogP contribution >= 0.6 is 11.6 Å². The first-order valence-electron chi connectivity index (χ1n) is 6.88. The van der Waals surface area contributed by atoms with Gasteiger partial charge >= 0.3 is 0 Å². The van der Waals surface area contributed by atoms with Crippen LogP contribution in [-0.2, 0) is 4.74 Å². The second-order valence-electron chi connectivity index (χ2n) is 5.42. The fourth-order valence-corrected chi connectivity index (χ4v) is 2.67. The van der Waals surface area contributed by atoms with Gasteiger partial charge in [-0.1, -0.05) is 31.5 Å². The van der Waals surface area contributed by atoms with Crippen molar-refractivity contribution in [2.24, 2.45) is 5.92 Å². The molecule has 1 aliphatic rings. The molecule has 0 amide bonds. The molecule has 0 saturated carbocycles. The zero-order valence-electron chi connectivity index (χ0n) is 11.5. The summed E-state index contributed by atoms with van der Waals surface area (Å²) in [6.45, 7) is 5.78. The Labute approximate surface area is 119 Å². The fraction of sp³-hybridized carbons (Fsp3) is 0.600. The molecule has 1 heterocycles. The second-order valence-corrected chi connectivity index (χ2v) is 5.86. The lowest BCUT2D eigenvalue weighted by atomic mass is 9.89. The SMILES string of the molecule is CC(C)NCC1CCCOC1c1ccc(Cl)cc1F. The van der Waals surface area contributed by atoms with Gasteiger partial charge in [0.2, 0.25) is 0 Å². The average Bonchev–Trinajstić information content (AvgIpc) is 2.37. The van der Waals surface area contributed by atoms with Crippen LogP contribution in [0.3, 0.4) is 0 Å². The van der Waals surface area contributed by atoms with Gasteiger partial charge in [-0.3, -0.25) is 0 Å². The van der Waals surface area contributed by atoms with E-state index < -0.39 is 0 Å². The molecule has 1 saturated heterocycles. The predicted octanol–water partition coefficient (Wildman–Crippen LogP) is 3.94. The first-order valence-corrected chi connectivity index (χ1v) is 7.25. The standard InChI is InChI=1S/C15H21ClFNO/c1-10(2)18-9-11-4-3-7-19-15(11)13-6-5-12(16)8-14(13)17/h5-6,8,10-11,15,18H,3-4,7,9H2,1-2H3. The van der Waals surface area contributed by atoms with E-state index in [1.165, 1.54) is 6.07 Å².